The van der Waals surface area contributed by atoms with Crippen molar-refractivity contribution >= 4 is 35.3 Å². The number of ether oxygens (including phenoxy) is 1. The summed E-state index contributed by atoms with van der Waals surface area (Å²) in [7, 11) is 0. The molecule has 150 valence electrons. The molecule has 0 bridgehead atoms. The molecule has 1 fully saturated rings. The molecular weight excluding hydrogens is 390 g/mol. The summed E-state index contributed by atoms with van der Waals surface area (Å²) < 4.78 is 5.64. The molecule has 4 rings (SSSR count). The van der Waals surface area contributed by atoms with Crippen molar-refractivity contribution in [2.75, 3.05) is 25.0 Å². The molecule has 0 unspecified atom stereocenters. The van der Waals surface area contributed by atoms with Gasteiger partial charge in [-0.3, -0.25) is 4.79 Å². The number of likely N-dealkylation sites (tertiary alicyclic amines) is 1. The molecule has 1 saturated heterocycles. The molecule has 7 heteroatoms. The van der Waals surface area contributed by atoms with Crippen LogP contribution in [0.25, 0.3) is 6.08 Å². The largest absolute Gasteiger partial charge is 0.488 e. The molecular formula is C22H22ClN3O3. The second kappa shape index (κ2) is 8.57. The van der Waals surface area contributed by atoms with Crippen LogP contribution in [-0.2, 0) is 11.3 Å². The SMILES string of the molecule is O=C(NCc1cccc(NC(=O)N2CCCC2)c1)C1=Cc2cc(Cl)ccc2OC1. The fourth-order valence-electron chi connectivity index (χ4n) is 3.46. The minimum Gasteiger partial charge on any atom is -0.488 e. The lowest BCUT2D eigenvalue weighted by atomic mass is 10.1. The average molecular weight is 412 g/mol. The zero-order valence-electron chi connectivity index (χ0n) is 15.9. The lowest BCUT2D eigenvalue weighted by Gasteiger charge is -2.18. The zero-order valence-corrected chi connectivity index (χ0v) is 16.7. The van der Waals surface area contributed by atoms with E-state index in [-0.39, 0.29) is 18.5 Å². The van der Waals surface area contributed by atoms with Gasteiger partial charge in [-0.15, -0.1) is 0 Å². The number of fused-ring (bicyclic) bond motifs is 1. The number of rotatable bonds is 4. The number of nitrogens with one attached hydrogen (secondary N) is 2. The summed E-state index contributed by atoms with van der Waals surface area (Å²) in [5, 5.41) is 6.42. The minimum atomic E-state index is -0.192. The van der Waals surface area contributed by atoms with Crippen molar-refractivity contribution < 1.29 is 14.3 Å². The molecule has 0 aromatic heterocycles. The van der Waals surface area contributed by atoms with E-state index in [0.717, 1.165) is 42.7 Å². The predicted octanol–water partition coefficient (Wildman–Crippen LogP) is 4.06. The summed E-state index contributed by atoms with van der Waals surface area (Å²) in [5.74, 6) is 0.523. The van der Waals surface area contributed by atoms with Gasteiger partial charge in [0.25, 0.3) is 5.91 Å². The second-order valence-corrected chi connectivity index (χ2v) is 7.58. The quantitative estimate of drug-likeness (QED) is 0.797. The van der Waals surface area contributed by atoms with Crippen molar-refractivity contribution in [3.05, 3.63) is 64.2 Å². The van der Waals surface area contributed by atoms with Crippen molar-refractivity contribution in [1.82, 2.24) is 10.2 Å². The molecule has 0 radical (unpaired) electrons. The number of carbonyl (C=O) groups excluding carboxylic acids is 2. The minimum absolute atomic E-state index is 0.0782. The molecule has 3 amide bonds. The Morgan fingerprint density at radius 1 is 1.10 bits per heavy atom. The number of halogens is 1. The first-order valence-electron chi connectivity index (χ1n) is 9.64. The number of nitrogens with zero attached hydrogens (tertiary/aromatic N) is 1. The Balaban J connectivity index is 1.36. The van der Waals surface area contributed by atoms with E-state index in [1.54, 1.807) is 24.3 Å². The van der Waals surface area contributed by atoms with E-state index in [4.69, 9.17) is 16.3 Å². The van der Waals surface area contributed by atoms with E-state index < -0.39 is 0 Å². The fourth-order valence-corrected chi connectivity index (χ4v) is 3.64. The molecule has 29 heavy (non-hydrogen) atoms. The van der Waals surface area contributed by atoms with E-state index in [2.05, 4.69) is 10.6 Å². The molecule has 2 aromatic rings. The highest BCUT2D eigenvalue weighted by atomic mass is 35.5. The monoisotopic (exact) mass is 411 g/mol. The van der Waals surface area contributed by atoms with Gasteiger partial charge in [-0.1, -0.05) is 23.7 Å². The van der Waals surface area contributed by atoms with Gasteiger partial charge in [0.15, 0.2) is 0 Å². The molecule has 2 aliphatic rings. The van der Waals surface area contributed by atoms with Crippen molar-refractivity contribution in [2.24, 2.45) is 0 Å². The van der Waals surface area contributed by atoms with E-state index in [1.165, 1.54) is 0 Å². The third-order valence-corrected chi connectivity index (χ3v) is 5.24. The number of amides is 3. The molecule has 0 atom stereocenters. The lowest BCUT2D eigenvalue weighted by molar-refractivity contribution is -0.117. The van der Waals surface area contributed by atoms with E-state index in [0.29, 0.717) is 22.9 Å². The van der Waals surface area contributed by atoms with E-state index in [1.807, 2.05) is 29.2 Å². The highest BCUT2D eigenvalue weighted by Gasteiger charge is 2.19. The molecule has 0 saturated carbocycles. The van der Waals surface area contributed by atoms with Crippen LogP contribution in [0.3, 0.4) is 0 Å². The maximum absolute atomic E-state index is 12.5. The topological polar surface area (TPSA) is 70.7 Å². The van der Waals surface area contributed by atoms with Gasteiger partial charge in [0.2, 0.25) is 0 Å². The van der Waals surface area contributed by atoms with Crippen LogP contribution in [-0.4, -0.2) is 36.5 Å². The first-order chi connectivity index (χ1) is 14.1. The number of benzene rings is 2. The Kier molecular flexibility index (Phi) is 5.71. The smallest absolute Gasteiger partial charge is 0.321 e. The third-order valence-electron chi connectivity index (χ3n) is 5.00. The number of hydrogen-bond acceptors (Lipinski definition) is 3. The standard InChI is InChI=1S/C22H22ClN3O3/c23-18-6-7-20-16(12-18)11-17(14-29-20)21(27)24-13-15-4-3-5-19(10-15)25-22(28)26-8-1-2-9-26/h3-7,10-12H,1-2,8-9,13-14H2,(H,24,27)(H,25,28). The third kappa shape index (κ3) is 4.71. The highest BCUT2D eigenvalue weighted by Crippen LogP contribution is 2.29. The maximum atomic E-state index is 12.5. The molecule has 2 heterocycles. The summed E-state index contributed by atoms with van der Waals surface area (Å²) in [6, 6.07) is 12.7. The van der Waals surface area contributed by atoms with Gasteiger partial charge in [-0.05, 0) is 54.8 Å². The van der Waals surface area contributed by atoms with Gasteiger partial charge < -0.3 is 20.3 Å². The van der Waals surface area contributed by atoms with E-state index in [9.17, 15) is 9.59 Å². The van der Waals surface area contributed by atoms with Gasteiger partial charge >= 0.3 is 6.03 Å². The average Bonchev–Trinajstić information content (AvgIpc) is 3.27. The van der Waals surface area contributed by atoms with Crippen LogP contribution < -0.4 is 15.4 Å². The fraction of sp³-hybridized carbons (Fsp3) is 0.273. The van der Waals surface area contributed by atoms with Crippen molar-refractivity contribution in [3.8, 4) is 5.75 Å². The predicted molar refractivity (Wildman–Crippen MR) is 113 cm³/mol. The number of urea groups is 1. The Hall–Kier alpha value is -2.99. The highest BCUT2D eigenvalue weighted by molar-refractivity contribution is 6.30. The summed E-state index contributed by atoms with van der Waals surface area (Å²) >= 11 is 6.02. The van der Waals surface area contributed by atoms with Crippen molar-refractivity contribution in [1.29, 1.82) is 0 Å². The van der Waals surface area contributed by atoms with Crippen LogP contribution in [0.15, 0.2) is 48.0 Å². The molecule has 2 aliphatic heterocycles. The Morgan fingerprint density at radius 3 is 2.76 bits per heavy atom. The molecule has 0 spiro atoms. The number of hydrogen-bond donors (Lipinski definition) is 2. The summed E-state index contributed by atoms with van der Waals surface area (Å²) in [6.45, 7) is 2.17. The van der Waals surface area contributed by atoms with Crippen LogP contribution in [0.5, 0.6) is 5.75 Å². The van der Waals surface area contributed by atoms with Crippen LogP contribution in [0.1, 0.15) is 24.0 Å². The zero-order chi connectivity index (χ0) is 20.2. The lowest BCUT2D eigenvalue weighted by Crippen LogP contribution is -2.32. The van der Waals surface area contributed by atoms with Crippen LogP contribution in [0.2, 0.25) is 5.02 Å². The van der Waals surface area contributed by atoms with Gasteiger partial charge in [0, 0.05) is 35.9 Å². The Bertz CT molecular complexity index is 968. The first-order valence-corrected chi connectivity index (χ1v) is 10.0. The summed E-state index contributed by atoms with van der Waals surface area (Å²) in [4.78, 5) is 26.6. The normalized spacial score (nSPS) is 15.2. The van der Waals surface area contributed by atoms with Gasteiger partial charge in [-0.2, -0.15) is 0 Å². The Morgan fingerprint density at radius 2 is 1.93 bits per heavy atom. The van der Waals surface area contributed by atoms with Gasteiger partial charge in [0.1, 0.15) is 12.4 Å². The Labute approximate surface area is 174 Å². The number of carbonyl (C=O) groups is 2. The second-order valence-electron chi connectivity index (χ2n) is 7.15. The summed E-state index contributed by atoms with van der Waals surface area (Å²) in [6.07, 6.45) is 3.90. The first kappa shape index (κ1) is 19.3. The van der Waals surface area contributed by atoms with Crippen LogP contribution in [0, 0.1) is 0 Å². The molecule has 0 aliphatic carbocycles. The maximum Gasteiger partial charge on any atom is 0.321 e. The van der Waals surface area contributed by atoms with E-state index >= 15 is 0 Å². The van der Waals surface area contributed by atoms with Gasteiger partial charge in [-0.25, -0.2) is 4.79 Å². The van der Waals surface area contributed by atoms with Crippen LogP contribution in [0.4, 0.5) is 10.5 Å². The van der Waals surface area contributed by atoms with Crippen molar-refractivity contribution in [3.63, 3.8) is 0 Å². The molecule has 6 nitrogen and oxygen atoms in total. The van der Waals surface area contributed by atoms with Gasteiger partial charge in [0.05, 0.1) is 5.57 Å². The van der Waals surface area contributed by atoms with Crippen molar-refractivity contribution in [2.45, 2.75) is 19.4 Å². The van der Waals surface area contributed by atoms with Crippen LogP contribution >= 0.6 is 11.6 Å². The molecule has 2 N–H and O–H groups in total. The summed E-state index contributed by atoms with van der Waals surface area (Å²) in [5.41, 5.74) is 2.95. The number of anilines is 1. The molecule has 2 aromatic carbocycles.